The van der Waals surface area contributed by atoms with Crippen LogP contribution in [-0.4, -0.2) is 65.2 Å². The number of halogens is 3. The van der Waals surface area contributed by atoms with Gasteiger partial charge in [0, 0.05) is 19.3 Å². The van der Waals surface area contributed by atoms with Crippen LogP contribution < -0.4 is 0 Å². The number of hydrogen-bond donors (Lipinski definition) is 1. The summed E-state index contributed by atoms with van der Waals surface area (Å²) in [7, 11) is 1.73. The summed E-state index contributed by atoms with van der Waals surface area (Å²) >= 11 is 0. The summed E-state index contributed by atoms with van der Waals surface area (Å²) in [5.41, 5.74) is -2.11. The lowest BCUT2D eigenvalue weighted by atomic mass is 9.86. The fourth-order valence-corrected chi connectivity index (χ4v) is 5.37. The quantitative estimate of drug-likeness (QED) is 0.426. The third kappa shape index (κ3) is 3.41. The number of hydrogen-bond acceptors (Lipinski definition) is 5. The van der Waals surface area contributed by atoms with Gasteiger partial charge >= 0.3 is 12.1 Å². The van der Waals surface area contributed by atoms with E-state index < -0.39 is 54.8 Å². The Bertz CT molecular complexity index is 788. The Balaban J connectivity index is 1.86. The van der Waals surface area contributed by atoms with E-state index in [0.29, 0.717) is 5.56 Å². The molecular formula is C21H28F3N2O4+. The molecule has 2 heterocycles. The highest BCUT2D eigenvalue weighted by molar-refractivity contribution is 5.78. The van der Waals surface area contributed by atoms with E-state index in [2.05, 4.69) is 5.18 Å². The molecule has 166 valence electrons. The van der Waals surface area contributed by atoms with Crippen molar-refractivity contribution in [3.8, 4) is 0 Å². The van der Waals surface area contributed by atoms with Crippen molar-refractivity contribution in [1.29, 1.82) is 0 Å². The predicted molar refractivity (Wildman–Crippen MR) is 103 cm³/mol. The molecule has 6 nitrogen and oxygen atoms in total. The smallest absolute Gasteiger partial charge is 0.423 e. The Kier molecular flexibility index (Phi) is 5.99. The minimum Gasteiger partial charge on any atom is -0.461 e. The Labute approximate surface area is 173 Å². The molecule has 0 spiro atoms. The molecule has 2 saturated heterocycles. The van der Waals surface area contributed by atoms with E-state index in [1.54, 1.807) is 37.4 Å². The summed E-state index contributed by atoms with van der Waals surface area (Å²) in [4.78, 5) is 24.3. The monoisotopic (exact) mass is 429 g/mol. The molecule has 0 amide bonds. The summed E-state index contributed by atoms with van der Waals surface area (Å²) in [5, 5.41) is 12.3. The molecule has 3 rings (SSSR count). The number of esters is 1. The van der Waals surface area contributed by atoms with Crippen LogP contribution in [0.1, 0.15) is 44.6 Å². The van der Waals surface area contributed by atoms with Crippen LogP contribution >= 0.6 is 0 Å². The molecule has 2 fully saturated rings. The molecule has 9 heteroatoms. The third-order valence-corrected chi connectivity index (χ3v) is 7.30. The van der Waals surface area contributed by atoms with Gasteiger partial charge in [-0.05, 0) is 24.6 Å². The summed E-state index contributed by atoms with van der Waals surface area (Å²) in [6.45, 7) is 3.20. The topological polar surface area (TPSA) is 76.0 Å². The second-order valence-electron chi connectivity index (χ2n) is 8.88. The van der Waals surface area contributed by atoms with Crippen LogP contribution in [0.2, 0.25) is 0 Å². The average Bonchev–Trinajstić information content (AvgIpc) is 2.82. The fraction of sp³-hybridized carbons (Fsp3) is 0.667. The number of fused-ring (bicyclic) bond motifs is 2. The van der Waals surface area contributed by atoms with Crippen molar-refractivity contribution in [3.05, 3.63) is 40.8 Å². The molecule has 2 aliphatic rings. The number of carbonyl (C=O) groups is 1. The first kappa shape index (κ1) is 22.7. The Hall–Kier alpha value is -2.00. The number of benzene rings is 1. The molecular weight excluding hydrogens is 401 g/mol. The van der Waals surface area contributed by atoms with E-state index in [0.717, 1.165) is 0 Å². The van der Waals surface area contributed by atoms with Crippen LogP contribution in [0.25, 0.3) is 0 Å². The standard InChI is InChI=1S/C21H28F3N2O4/c1-13(2)26(3)15-9-16(10-18(26)20(11-15,25-29)21(22,23)24)30-19(28)17(12-27)14-7-5-4-6-8-14/h4-8,13,15-18,27H,9-12H2,1-3H3/q+1. The Morgan fingerprint density at radius 3 is 2.43 bits per heavy atom. The van der Waals surface area contributed by atoms with Gasteiger partial charge in [-0.3, -0.25) is 4.79 Å². The van der Waals surface area contributed by atoms with Crippen molar-refractivity contribution in [1.82, 2.24) is 0 Å². The number of likely N-dealkylation sites (N-methyl/N-ethyl adjacent to an activating group) is 1. The maximum absolute atomic E-state index is 14.0. The van der Waals surface area contributed by atoms with Crippen molar-refractivity contribution >= 4 is 5.97 Å². The largest absolute Gasteiger partial charge is 0.461 e. The number of nitrogens with zero attached hydrogens (tertiary/aromatic N) is 2. The summed E-state index contributed by atoms with van der Waals surface area (Å²) in [5.74, 6) is -1.58. The Morgan fingerprint density at radius 2 is 1.93 bits per heavy atom. The highest BCUT2D eigenvalue weighted by atomic mass is 19.4. The van der Waals surface area contributed by atoms with Crippen LogP contribution in [0.4, 0.5) is 13.2 Å². The molecule has 1 aromatic rings. The fourth-order valence-electron chi connectivity index (χ4n) is 5.37. The molecule has 6 unspecified atom stereocenters. The van der Waals surface area contributed by atoms with Gasteiger partial charge in [0.25, 0.3) is 5.54 Å². The number of carbonyl (C=O) groups excluding carboxylic acids is 1. The summed E-state index contributed by atoms with van der Waals surface area (Å²) < 4.78 is 47.7. The van der Waals surface area contributed by atoms with Crippen LogP contribution in [0.3, 0.4) is 0 Å². The van der Waals surface area contributed by atoms with Gasteiger partial charge in [0.1, 0.15) is 18.1 Å². The maximum Gasteiger partial charge on any atom is 0.423 e. The number of quaternary nitrogens is 1. The molecule has 0 saturated carbocycles. The SMILES string of the molecule is CC(C)[N+]1(C)C2CC(OC(=O)C(CO)c3ccccc3)CC1C(N=O)(C(F)(F)F)C2. The van der Waals surface area contributed by atoms with Crippen LogP contribution in [-0.2, 0) is 9.53 Å². The average molecular weight is 429 g/mol. The van der Waals surface area contributed by atoms with Crippen LogP contribution in [0.15, 0.2) is 35.5 Å². The van der Waals surface area contributed by atoms with Crippen LogP contribution in [0, 0.1) is 4.91 Å². The molecule has 0 aliphatic carbocycles. The second kappa shape index (κ2) is 7.92. The summed E-state index contributed by atoms with van der Waals surface area (Å²) in [6.07, 6.45) is -5.83. The van der Waals surface area contributed by atoms with E-state index in [-0.39, 0.29) is 23.4 Å². The zero-order valence-corrected chi connectivity index (χ0v) is 17.3. The molecule has 30 heavy (non-hydrogen) atoms. The number of aliphatic hydroxyl groups is 1. The van der Waals surface area contributed by atoms with Crippen molar-refractivity contribution in [2.24, 2.45) is 5.18 Å². The van der Waals surface area contributed by atoms with E-state index in [1.807, 2.05) is 13.8 Å². The molecule has 0 radical (unpaired) electrons. The van der Waals surface area contributed by atoms with Gasteiger partial charge < -0.3 is 14.3 Å². The van der Waals surface area contributed by atoms with Gasteiger partial charge in [-0.1, -0.05) is 30.3 Å². The lowest BCUT2D eigenvalue weighted by Gasteiger charge is -2.50. The molecule has 0 aromatic heterocycles. The molecule has 2 aliphatic heterocycles. The van der Waals surface area contributed by atoms with E-state index in [1.165, 1.54) is 0 Å². The zero-order valence-electron chi connectivity index (χ0n) is 17.3. The first-order chi connectivity index (χ1) is 14.0. The van der Waals surface area contributed by atoms with E-state index in [9.17, 15) is 28.0 Å². The zero-order chi connectivity index (χ0) is 22.3. The van der Waals surface area contributed by atoms with Gasteiger partial charge in [-0.25, -0.2) is 0 Å². The number of alkyl halides is 3. The molecule has 2 bridgehead atoms. The van der Waals surface area contributed by atoms with Gasteiger partial charge in [-0.2, -0.15) is 13.2 Å². The molecule has 1 N–H and O–H groups in total. The second-order valence-corrected chi connectivity index (χ2v) is 8.88. The third-order valence-electron chi connectivity index (χ3n) is 7.30. The van der Waals surface area contributed by atoms with Crippen LogP contribution in [0.5, 0.6) is 0 Å². The first-order valence-electron chi connectivity index (χ1n) is 10.1. The lowest BCUT2D eigenvalue weighted by Crippen LogP contribution is -2.67. The van der Waals surface area contributed by atoms with Gasteiger partial charge in [0.15, 0.2) is 0 Å². The summed E-state index contributed by atoms with van der Waals surface area (Å²) in [6, 6.07) is 6.80. The van der Waals surface area contributed by atoms with E-state index >= 15 is 0 Å². The lowest BCUT2D eigenvalue weighted by molar-refractivity contribution is -0.970. The van der Waals surface area contributed by atoms with Gasteiger partial charge in [0.05, 0.1) is 25.7 Å². The number of aliphatic hydroxyl groups excluding tert-OH is 1. The van der Waals surface area contributed by atoms with Crippen molar-refractivity contribution < 1.29 is 32.3 Å². The molecule has 6 atom stereocenters. The van der Waals surface area contributed by atoms with Crippen molar-refractivity contribution in [3.63, 3.8) is 0 Å². The van der Waals surface area contributed by atoms with Gasteiger partial charge in [-0.15, -0.1) is 4.91 Å². The van der Waals surface area contributed by atoms with E-state index in [4.69, 9.17) is 4.74 Å². The highest BCUT2D eigenvalue weighted by Gasteiger charge is 2.76. The number of piperidine rings is 1. The Morgan fingerprint density at radius 1 is 1.30 bits per heavy atom. The minimum atomic E-state index is -4.78. The van der Waals surface area contributed by atoms with Crippen molar-refractivity contribution in [2.75, 3.05) is 13.7 Å². The van der Waals surface area contributed by atoms with Gasteiger partial charge in [0.2, 0.25) is 0 Å². The molecule has 1 aromatic carbocycles. The number of ether oxygens (including phenoxy) is 1. The highest BCUT2D eigenvalue weighted by Crippen LogP contribution is 2.56. The predicted octanol–water partition coefficient (Wildman–Crippen LogP) is 3.53. The normalized spacial score (nSPS) is 34.6. The maximum atomic E-state index is 14.0. The number of rotatable bonds is 6. The number of nitroso groups, excluding NO2 is 1. The minimum absolute atomic E-state index is 0.0708. The van der Waals surface area contributed by atoms with Crippen molar-refractivity contribution in [2.45, 2.75) is 75.0 Å². The first-order valence-corrected chi connectivity index (χ1v) is 10.1.